The van der Waals surface area contributed by atoms with Gasteiger partial charge in [-0.05, 0) is 37.5 Å². The Morgan fingerprint density at radius 2 is 1.65 bits per heavy atom. The molecular formula is C22H31FN2O. The average Bonchev–Trinajstić information content (AvgIpc) is 2.66. The Kier molecular flexibility index (Phi) is 9.08. The van der Waals surface area contributed by atoms with Gasteiger partial charge in [0.05, 0.1) is 24.2 Å². The first-order valence-electron chi connectivity index (χ1n) is 9.98. The molecule has 0 spiro atoms. The summed E-state index contributed by atoms with van der Waals surface area (Å²) in [6, 6.07) is 5.00. The number of ether oxygens (including phenoxy) is 1. The van der Waals surface area contributed by atoms with E-state index in [1.807, 2.05) is 12.3 Å². The highest BCUT2D eigenvalue weighted by atomic mass is 19.1. The Labute approximate surface area is 157 Å². The van der Waals surface area contributed by atoms with Gasteiger partial charge in [-0.1, -0.05) is 52.4 Å². The van der Waals surface area contributed by atoms with Crippen LogP contribution in [0.2, 0.25) is 0 Å². The van der Waals surface area contributed by atoms with Gasteiger partial charge >= 0.3 is 0 Å². The van der Waals surface area contributed by atoms with E-state index in [9.17, 15) is 4.39 Å². The average molecular weight is 359 g/mol. The monoisotopic (exact) mass is 358 g/mol. The van der Waals surface area contributed by atoms with Gasteiger partial charge < -0.3 is 4.74 Å². The molecule has 0 bridgehead atoms. The minimum atomic E-state index is -0.346. The first-order valence-corrected chi connectivity index (χ1v) is 9.98. The number of nitrogens with zero attached hydrogens (tertiary/aromatic N) is 2. The van der Waals surface area contributed by atoms with Gasteiger partial charge in [0.1, 0.15) is 0 Å². The molecule has 0 N–H and O–H groups in total. The number of halogens is 1. The molecule has 26 heavy (non-hydrogen) atoms. The molecule has 0 saturated heterocycles. The lowest BCUT2D eigenvalue weighted by Gasteiger charge is -2.08. The van der Waals surface area contributed by atoms with Crippen molar-refractivity contribution in [3.8, 4) is 17.0 Å². The second-order valence-corrected chi connectivity index (χ2v) is 6.76. The minimum Gasteiger partial charge on any atom is -0.491 e. The highest BCUT2D eigenvalue weighted by Crippen LogP contribution is 2.24. The van der Waals surface area contributed by atoms with E-state index < -0.39 is 0 Å². The van der Waals surface area contributed by atoms with Crippen LogP contribution in [0.4, 0.5) is 4.39 Å². The molecule has 142 valence electrons. The Balaban J connectivity index is 1.88. The molecule has 1 aromatic carbocycles. The zero-order valence-electron chi connectivity index (χ0n) is 16.1. The quantitative estimate of drug-likeness (QED) is 0.414. The van der Waals surface area contributed by atoms with Crippen LogP contribution < -0.4 is 4.74 Å². The van der Waals surface area contributed by atoms with E-state index in [2.05, 4.69) is 23.8 Å². The summed E-state index contributed by atoms with van der Waals surface area (Å²) >= 11 is 0. The van der Waals surface area contributed by atoms with Crippen molar-refractivity contribution < 1.29 is 9.13 Å². The van der Waals surface area contributed by atoms with Crippen LogP contribution >= 0.6 is 0 Å². The van der Waals surface area contributed by atoms with Crippen LogP contribution in [0.3, 0.4) is 0 Å². The molecule has 0 fully saturated rings. The highest BCUT2D eigenvalue weighted by molar-refractivity contribution is 5.59. The third-order valence-corrected chi connectivity index (χ3v) is 4.47. The van der Waals surface area contributed by atoms with Crippen molar-refractivity contribution >= 4 is 0 Å². The lowest BCUT2D eigenvalue weighted by Crippen LogP contribution is -1.99. The molecule has 3 nitrogen and oxygen atoms in total. The van der Waals surface area contributed by atoms with Gasteiger partial charge in [0.15, 0.2) is 11.6 Å². The van der Waals surface area contributed by atoms with Crippen LogP contribution in [0, 0.1) is 5.82 Å². The Bertz CT molecular complexity index is 643. The van der Waals surface area contributed by atoms with Crippen molar-refractivity contribution in [2.45, 2.75) is 71.6 Å². The fourth-order valence-corrected chi connectivity index (χ4v) is 2.85. The van der Waals surface area contributed by atoms with Gasteiger partial charge in [0.25, 0.3) is 0 Å². The lowest BCUT2D eigenvalue weighted by molar-refractivity contribution is 0.291. The van der Waals surface area contributed by atoms with Crippen molar-refractivity contribution in [3.05, 3.63) is 42.1 Å². The molecule has 1 heterocycles. The fraction of sp³-hybridized carbons (Fsp3) is 0.545. The second-order valence-electron chi connectivity index (χ2n) is 6.76. The molecular weight excluding hydrogens is 327 g/mol. The predicted octanol–water partition coefficient (Wildman–Crippen LogP) is 6.36. The first kappa shape index (κ1) is 20.3. The summed E-state index contributed by atoms with van der Waals surface area (Å²) in [6.07, 6.45) is 13.9. The molecule has 0 aliphatic heterocycles. The van der Waals surface area contributed by atoms with Crippen LogP contribution in [0.15, 0.2) is 30.6 Å². The smallest absolute Gasteiger partial charge is 0.165 e. The van der Waals surface area contributed by atoms with E-state index in [4.69, 9.17) is 4.74 Å². The zero-order valence-corrected chi connectivity index (χ0v) is 16.1. The number of aryl methyl sites for hydroxylation is 1. The molecule has 0 aliphatic rings. The van der Waals surface area contributed by atoms with Gasteiger partial charge in [0, 0.05) is 11.8 Å². The molecule has 4 heteroatoms. The lowest BCUT2D eigenvalue weighted by atomic mass is 10.1. The van der Waals surface area contributed by atoms with E-state index in [1.54, 1.807) is 12.3 Å². The molecule has 2 rings (SSSR count). The molecule has 0 unspecified atom stereocenters. The number of aromatic nitrogens is 2. The van der Waals surface area contributed by atoms with Crippen molar-refractivity contribution in [2.75, 3.05) is 6.61 Å². The van der Waals surface area contributed by atoms with Crippen molar-refractivity contribution in [1.29, 1.82) is 0 Å². The summed E-state index contributed by atoms with van der Waals surface area (Å²) in [7, 11) is 0. The third-order valence-electron chi connectivity index (χ3n) is 4.47. The van der Waals surface area contributed by atoms with Gasteiger partial charge in [0.2, 0.25) is 0 Å². The van der Waals surface area contributed by atoms with Crippen LogP contribution in [-0.4, -0.2) is 16.6 Å². The molecule has 0 amide bonds. The van der Waals surface area contributed by atoms with E-state index in [0.29, 0.717) is 18.1 Å². The summed E-state index contributed by atoms with van der Waals surface area (Å²) in [5.74, 6) is -0.0395. The summed E-state index contributed by atoms with van der Waals surface area (Å²) in [4.78, 5) is 8.93. The maximum absolute atomic E-state index is 14.2. The minimum absolute atomic E-state index is 0.307. The fourth-order valence-electron chi connectivity index (χ4n) is 2.85. The van der Waals surface area contributed by atoms with Gasteiger partial charge in [-0.25, -0.2) is 4.39 Å². The van der Waals surface area contributed by atoms with Crippen LogP contribution in [-0.2, 0) is 6.42 Å². The van der Waals surface area contributed by atoms with Crippen LogP contribution in [0.5, 0.6) is 5.75 Å². The van der Waals surface area contributed by atoms with Crippen LogP contribution in [0.25, 0.3) is 11.3 Å². The Morgan fingerprint density at radius 3 is 2.35 bits per heavy atom. The molecule has 0 saturated carbocycles. The molecule has 2 aromatic rings. The standard InChI is InChI=1S/C22H31FN2O/c1-3-5-7-8-9-11-19-16-25-21(17-24-19)18-12-13-22(20(23)15-18)26-14-10-6-4-2/h12-13,15-17H,3-11,14H2,1-2H3. The number of rotatable bonds is 12. The third kappa shape index (κ3) is 6.74. The Morgan fingerprint density at radius 1 is 0.885 bits per heavy atom. The van der Waals surface area contributed by atoms with Crippen molar-refractivity contribution in [3.63, 3.8) is 0 Å². The topological polar surface area (TPSA) is 35.0 Å². The van der Waals surface area contributed by atoms with Crippen LogP contribution in [0.1, 0.15) is 70.9 Å². The second kappa shape index (κ2) is 11.6. The van der Waals surface area contributed by atoms with Gasteiger partial charge in [-0.3, -0.25) is 9.97 Å². The number of benzene rings is 1. The zero-order chi connectivity index (χ0) is 18.6. The molecule has 0 aliphatic carbocycles. The number of hydrogen-bond acceptors (Lipinski definition) is 3. The summed E-state index contributed by atoms with van der Waals surface area (Å²) in [5, 5.41) is 0. The van der Waals surface area contributed by atoms with Gasteiger partial charge in [-0.15, -0.1) is 0 Å². The van der Waals surface area contributed by atoms with Crippen molar-refractivity contribution in [2.24, 2.45) is 0 Å². The number of hydrogen-bond donors (Lipinski definition) is 0. The Hall–Kier alpha value is -1.97. The van der Waals surface area contributed by atoms with E-state index in [1.165, 1.54) is 31.7 Å². The summed E-state index contributed by atoms with van der Waals surface area (Å²) in [6.45, 7) is 4.91. The highest BCUT2D eigenvalue weighted by Gasteiger charge is 2.08. The molecule has 0 radical (unpaired) electrons. The number of unbranched alkanes of at least 4 members (excludes halogenated alkanes) is 6. The normalized spacial score (nSPS) is 10.9. The maximum atomic E-state index is 14.2. The van der Waals surface area contributed by atoms with Gasteiger partial charge in [-0.2, -0.15) is 0 Å². The van der Waals surface area contributed by atoms with E-state index >= 15 is 0 Å². The maximum Gasteiger partial charge on any atom is 0.165 e. The van der Waals surface area contributed by atoms with E-state index in [-0.39, 0.29) is 5.82 Å². The summed E-state index contributed by atoms with van der Waals surface area (Å²) < 4.78 is 19.7. The first-order chi connectivity index (χ1) is 12.7. The predicted molar refractivity (Wildman–Crippen MR) is 105 cm³/mol. The van der Waals surface area contributed by atoms with Crippen molar-refractivity contribution in [1.82, 2.24) is 9.97 Å². The summed E-state index contributed by atoms with van der Waals surface area (Å²) in [5.41, 5.74) is 2.42. The largest absolute Gasteiger partial charge is 0.491 e. The molecule has 1 aromatic heterocycles. The molecule has 0 atom stereocenters. The van der Waals surface area contributed by atoms with E-state index in [0.717, 1.165) is 43.4 Å². The SMILES string of the molecule is CCCCCCCc1cnc(-c2ccc(OCCCCC)c(F)c2)cn1.